The molecule has 0 bridgehead atoms. The minimum absolute atomic E-state index is 0.110. The van der Waals surface area contributed by atoms with Gasteiger partial charge in [-0.05, 0) is 31.0 Å². The normalized spacial score (nSPS) is 13.6. The predicted molar refractivity (Wildman–Crippen MR) is 92.8 cm³/mol. The Balaban J connectivity index is 1.59. The zero-order valence-electron chi connectivity index (χ0n) is 14.0. The van der Waals surface area contributed by atoms with Gasteiger partial charge in [-0.3, -0.25) is 4.79 Å². The van der Waals surface area contributed by atoms with Gasteiger partial charge < -0.3 is 4.90 Å². The summed E-state index contributed by atoms with van der Waals surface area (Å²) < 4.78 is 29.2. The maximum absolute atomic E-state index is 14.0. The number of amides is 1. The Labute approximate surface area is 149 Å². The number of hydrogen-bond donors (Lipinski definition) is 0. The molecular formula is C20H17F2N3O. The van der Waals surface area contributed by atoms with E-state index < -0.39 is 5.82 Å². The van der Waals surface area contributed by atoms with Crippen LogP contribution in [0.2, 0.25) is 0 Å². The van der Waals surface area contributed by atoms with Crippen molar-refractivity contribution in [2.75, 3.05) is 0 Å². The molecular weight excluding hydrogens is 336 g/mol. The third-order valence-electron chi connectivity index (χ3n) is 4.48. The molecule has 26 heavy (non-hydrogen) atoms. The summed E-state index contributed by atoms with van der Waals surface area (Å²) in [5.41, 5.74) is 1.12. The van der Waals surface area contributed by atoms with Crippen LogP contribution < -0.4 is 0 Å². The van der Waals surface area contributed by atoms with Gasteiger partial charge in [-0.25, -0.2) is 13.5 Å². The van der Waals surface area contributed by atoms with Gasteiger partial charge in [-0.15, -0.1) is 0 Å². The Morgan fingerprint density at radius 2 is 1.77 bits per heavy atom. The summed E-state index contributed by atoms with van der Waals surface area (Å²) in [5, 5.41) is 4.11. The Bertz CT molecular complexity index is 949. The second kappa shape index (κ2) is 6.71. The lowest BCUT2D eigenvalue weighted by Crippen LogP contribution is -2.32. The van der Waals surface area contributed by atoms with Gasteiger partial charge in [0, 0.05) is 24.3 Å². The van der Waals surface area contributed by atoms with Crippen LogP contribution in [0.5, 0.6) is 0 Å². The first kappa shape index (κ1) is 16.4. The fourth-order valence-corrected chi connectivity index (χ4v) is 2.93. The van der Waals surface area contributed by atoms with Crippen LogP contribution in [0.3, 0.4) is 0 Å². The van der Waals surface area contributed by atoms with E-state index in [4.69, 9.17) is 0 Å². The summed E-state index contributed by atoms with van der Waals surface area (Å²) in [6.45, 7) is 0.209. The van der Waals surface area contributed by atoms with Crippen molar-refractivity contribution in [3.8, 4) is 5.69 Å². The second-order valence-corrected chi connectivity index (χ2v) is 6.38. The quantitative estimate of drug-likeness (QED) is 0.696. The van der Waals surface area contributed by atoms with Crippen molar-refractivity contribution in [2.45, 2.75) is 25.4 Å². The summed E-state index contributed by atoms with van der Waals surface area (Å²) >= 11 is 0. The molecule has 1 aromatic heterocycles. The van der Waals surface area contributed by atoms with Gasteiger partial charge in [0.25, 0.3) is 5.91 Å². The molecule has 3 aromatic rings. The van der Waals surface area contributed by atoms with E-state index >= 15 is 0 Å². The van der Waals surface area contributed by atoms with Crippen LogP contribution >= 0.6 is 0 Å². The summed E-state index contributed by atoms with van der Waals surface area (Å²) in [7, 11) is 0. The number of carbonyl (C=O) groups excluding carboxylic acids is 1. The molecule has 0 unspecified atom stereocenters. The highest BCUT2D eigenvalue weighted by molar-refractivity contribution is 5.94. The van der Waals surface area contributed by atoms with Crippen molar-refractivity contribution >= 4 is 5.91 Å². The number of rotatable bonds is 5. The smallest absolute Gasteiger partial charge is 0.257 e. The van der Waals surface area contributed by atoms with Gasteiger partial charge in [0.1, 0.15) is 17.3 Å². The number of aromatic nitrogens is 2. The SMILES string of the molecule is O=C(c1cnn(-c2ccccc2F)c1)N(Cc1ccccc1F)C1CC1. The van der Waals surface area contributed by atoms with Gasteiger partial charge in [-0.2, -0.15) is 5.10 Å². The summed E-state index contributed by atoms with van der Waals surface area (Å²) in [6, 6.07) is 12.8. The molecule has 1 fully saturated rings. The minimum Gasteiger partial charge on any atom is -0.331 e. The van der Waals surface area contributed by atoms with E-state index in [0.29, 0.717) is 11.1 Å². The zero-order valence-corrected chi connectivity index (χ0v) is 14.0. The first-order valence-corrected chi connectivity index (χ1v) is 8.47. The maximum Gasteiger partial charge on any atom is 0.257 e. The molecule has 0 atom stereocenters. The number of carbonyl (C=O) groups is 1. The minimum atomic E-state index is -0.417. The Morgan fingerprint density at radius 3 is 2.46 bits per heavy atom. The number of hydrogen-bond acceptors (Lipinski definition) is 2. The van der Waals surface area contributed by atoms with Gasteiger partial charge >= 0.3 is 0 Å². The van der Waals surface area contributed by atoms with Gasteiger partial charge in [-0.1, -0.05) is 30.3 Å². The molecule has 4 rings (SSSR count). The predicted octanol–water partition coefficient (Wildman–Crippen LogP) is 3.96. The van der Waals surface area contributed by atoms with Crippen LogP contribution in [-0.4, -0.2) is 26.6 Å². The van der Waals surface area contributed by atoms with E-state index in [-0.39, 0.29) is 30.0 Å². The molecule has 0 spiro atoms. The molecule has 1 aliphatic rings. The lowest BCUT2D eigenvalue weighted by atomic mass is 10.2. The Hall–Kier alpha value is -3.02. The van der Waals surface area contributed by atoms with Crippen LogP contribution in [0, 0.1) is 11.6 Å². The summed E-state index contributed by atoms with van der Waals surface area (Å²) in [6.07, 6.45) is 4.74. The average molecular weight is 353 g/mol. The van der Waals surface area contributed by atoms with Gasteiger partial charge in [0.2, 0.25) is 0 Å². The first-order valence-electron chi connectivity index (χ1n) is 8.47. The molecule has 1 saturated carbocycles. The molecule has 2 aromatic carbocycles. The number of para-hydroxylation sites is 1. The number of halogens is 2. The Morgan fingerprint density at radius 1 is 1.08 bits per heavy atom. The first-order chi connectivity index (χ1) is 12.6. The molecule has 0 radical (unpaired) electrons. The van der Waals surface area contributed by atoms with Crippen LogP contribution in [0.25, 0.3) is 5.69 Å². The zero-order chi connectivity index (χ0) is 18.1. The van der Waals surface area contributed by atoms with Crippen molar-refractivity contribution in [3.05, 3.63) is 83.7 Å². The Kier molecular flexibility index (Phi) is 4.24. The second-order valence-electron chi connectivity index (χ2n) is 6.38. The molecule has 6 heteroatoms. The number of nitrogens with zero attached hydrogens (tertiary/aromatic N) is 3. The average Bonchev–Trinajstić information content (AvgIpc) is 3.37. The van der Waals surface area contributed by atoms with Crippen molar-refractivity contribution in [2.24, 2.45) is 0 Å². The van der Waals surface area contributed by atoms with Crippen molar-refractivity contribution < 1.29 is 13.6 Å². The summed E-state index contributed by atoms with van der Waals surface area (Å²) in [5.74, 6) is -0.966. The lowest BCUT2D eigenvalue weighted by molar-refractivity contribution is 0.0728. The van der Waals surface area contributed by atoms with Crippen molar-refractivity contribution in [1.82, 2.24) is 14.7 Å². The third kappa shape index (κ3) is 3.22. The van der Waals surface area contributed by atoms with E-state index in [0.717, 1.165) is 12.8 Å². The molecule has 1 heterocycles. The van der Waals surface area contributed by atoms with Gasteiger partial charge in [0.05, 0.1) is 11.8 Å². The number of benzene rings is 2. The third-order valence-corrected chi connectivity index (χ3v) is 4.48. The van der Waals surface area contributed by atoms with Crippen LogP contribution in [0.15, 0.2) is 60.9 Å². The molecule has 4 nitrogen and oxygen atoms in total. The van der Waals surface area contributed by atoms with E-state index in [1.165, 1.54) is 29.2 Å². The summed E-state index contributed by atoms with van der Waals surface area (Å²) in [4.78, 5) is 14.6. The highest BCUT2D eigenvalue weighted by atomic mass is 19.1. The van der Waals surface area contributed by atoms with Crippen LogP contribution in [0.4, 0.5) is 8.78 Å². The van der Waals surface area contributed by atoms with Crippen molar-refractivity contribution in [3.63, 3.8) is 0 Å². The molecule has 0 aliphatic heterocycles. The van der Waals surface area contributed by atoms with Gasteiger partial charge in [0.15, 0.2) is 0 Å². The fraction of sp³-hybridized carbons (Fsp3) is 0.200. The van der Waals surface area contributed by atoms with E-state index in [1.807, 2.05) is 0 Å². The molecule has 0 saturated heterocycles. The topological polar surface area (TPSA) is 38.1 Å². The maximum atomic E-state index is 14.0. The van der Waals surface area contributed by atoms with E-state index in [9.17, 15) is 13.6 Å². The standard InChI is InChI=1S/C20H17F2N3O/c21-17-6-2-1-5-14(17)12-24(16-9-10-16)20(26)15-11-23-25(13-15)19-8-4-3-7-18(19)22/h1-8,11,13,16H,9-10,12H2. The highest BCUT2D eigenvalue weighted by Gasteiger charge is 2.34. The van der Waals surface area contributed by atoms with E-state index in [1.54, 1.807) is 41.3 Å². The molecule has 0 N–H and O–H groups in total. The highest BCUT2D eigenvalue weighted by Crippen LogP contribution is 2.30. The molecule has 132 valence electrons. The molecule has 1 amide bonds. The monoisotopic (exact) mass is 353 g/mol. The van der Waals surface area contributed by atoms with Crippen LogP contribution in [-0.2, 0) is 6.54 Å². The van der Waals surface area contributed by atoms with Crippen molar-refractivity contribution in [1.29, 1.82) is 0 Å². The lowest BCUT2D eigenvalue weighted by Gasteiger charge is -2.22. The van der Waals surface area contributed by atoms with Crippen LogP contribution in [0.1, 0.15) is 28.8 Å². The fourth-order valence-electron chi connectivity index (χ4n) is 2.93. The largest absolute Gasteiger partial charge is 0.331 e. The molecule has 1 aliphatic carbocycles. The van der Waals surface area contributed by atoms with E-state index in [2.05, 4.69) is 5.10 Å².